The Morgan fingerprint density at radius 2 is 1.67 bits per heavy atom. The molecule has 0 aliphatic rings. The highest BCUT2D eigenvalue weighted by Crippen LogP contribution is 2.41. The largest absolute Gasteiger partial charge is 0.496 e. The molecule has 0 saturated carbocycles. The summed E-state index contributed by atoms with van der Waals surface area (Å²) in [6, 6.07) is 6.85. The Labute approximate surface area is 128 Å². The second-order valence-corrected chi connectivity index (χ2v) is 4.68. The highest BCUT2D eigenvalue weighted by Gasteiger charge is 2.25. The molecule has 0 spiro atoms. The van der Waals surface area contributed by atoms with Crippen molar-refractivity contribution in [3.05, 3.63) is 40.8 Å². The summed E-state index contributed by atoms with van der Waals surface area (Å²) in [5.74, 6) is 2.60. The molecule has 0 aliphatic heterocycles. The normalized spacial score (nSPS) is 12.0. The number of benzene rings is 1. The van der Waals surface area contributed by atoms with Gasteiger partial charge in [-0.15, -0.1) is 0 Å². The van der Waals surface area contributed by atoms with Gasteiger partial charge in [0.2, 0.25) is 0 Å². The highest BCUT2D eigenvalue weighted by molar-refractivity contribution is 6.28. The maximum atomic E-state index is 5.87. The van der Waals surface area contributed by atoms with Gasteiger partial charge in [0.1, 0.15) is 23.0 Å². The van der Waals surface area contributed by atoms with E-state index in [1.807, 2.05) is 13.1 Å². The summed E-state index contributed by atoms with van der Waals surface area (Å²) < 4.78 is 21.7. The first kappa shape index (κ1) is 15.5. The number of halogens is 1. The minimum absolute atomic E-state index is 0.256. The van der Waals surface area contributed by atoms with Gasteiger partial charge in [0.25, 0.3) is 0 Å². The smallest absolute Gasteiger partial charge is 0.193 e. The SMILES string of the molecule is CNC(c1ccc(Cl)o1)c1c(OC)cc(OC)cc1OC. The van der Waals surface area contributed by atoms with E-state index in [9.17, 15) is 0 Å². The fraction of sp³-hybridized carbons (Fsp3) is 0.333. The Morgan fingerprint density at radius 1 is 1.05 bits per heavy atom. The molecule has 114 valence electrons. The molecule has 0 radical (unpaired) electrons. The van der Waals surface area contributed by atoms with Gasteiger partial charge < -0.3 is 23.9 Å². The van der Waals surface area contributed by atoms with Gasteiger partial charge in [-0.1, -0.05) is 0 Å². The van der Waals surface area contributed by atoms with E-state index >= 15 is 0 Å². The third kappa shape index (κ3) is 3.09. The van der Waals surface area contributed by atoms with Gasteiger partial charge in [-0.25, -0.2) is 0 Å². The van der Waals surface area contributed by atoms with Crippen molar-refractivity contribution < 1.29 is 18.6 Å². The number of ether oxygens (including phenoxy) is 3. The molecule has 1 heterocycles. The first-order chi connectivity index (χ1) is 10.1. The molecule has 0 fully saturated rings. The fourth-order valence-corrected chi connectivity index (χ4v) is 2.38. The van der Waals surface area contributed by atoms with E-state index in [2.05, 4.69) is 5.32 Å². The number of nitrogens with one attached hydrogen (secondary N) is 1. The van der Waals surface area contributed by atoms with E-state index in [-0.39, 0.29) is 6.04 Å². The predicted molar refractivity (Wildman–Crippen MR) is 80.7 cm³/mol. The molecule has 1 aromatic heterocycles. The Bertz CT molecular complexity index is 586. The van der Waals surface area contributed by atoms with Crippen LogP contribution in [0, 0.1) is 0 Å². The maximum Gasteiger partial charge on any atom is 0.193 e. The zero-order chi connectivity index (χ0) is 15.4. The lowest BCUT2D eigenvalue weighted by Gasteiger charge is -2.21. The molecule has 0 amide bonds. The lowest BCUT2D eigenvalue weighted by molar-refractivity contribution is 0.357. The number of furan rings is 1. The van der Waals surface area contributed by atoms with Crippen LogP contribution in [0.25, 0.3) is 0 Å². The van der Waals surface area contributed by atoms with Gasteiger partial charge in [-0.05, 0) is 30.8 Å². The quantitative estimate of drug-likeness (QED) is 0.887. The number of rotatable bonds is 6. The molecule has 1 aromatic carbocycles. The van der Waals surface area contributed by atoms with Crippen LogP contribution in [0.15, 0.2) is 28.7 Å². The second-order valence-electron chi connectivity index (χ2n) is 4.31. The van der Waals surface area contributed by atoms with Crippen LogP contribution in [0.1, 0.15) is 17.4 Å². The van der Waals surface area contributed by atoms with E-state index in [4.69, 9.17) is 30.2 Å². The molecule has 1 unspecified atom stereocenters. The van der Waals surface area contributed by atoms with Crippen molar-refractivity contribution in [3.8, 4) is 17.2 Å². The lowest BCUT2D eigenvalue weighted by atomic mass is 10.0. The maximum absolute atomic E-state index is 5.87. The van der Waals surface area contributed by atoms with Gasteiger partial charge in [0.05, 0.1) is 32.9 Å². The predicted octanol–water partition coefficient (Wildman–Crippen LogP) is 3.27. The number of hydrogen-bond acceptors (Lipinski definition) is 5. The molecular weight excluding hydrogens is 294 g/mol. The van der Waals surface area contributed by atoms with Crippen LogP contribution < -0.4 is 19.5 Å². The van der Waals surface area contributed by atoms with E-state index < -0.39 is 0 Å². The topological polar surface area (TPSA) is 52.9 Å². The van der Waals surface area contributed by atoms with Crippen molar-refractivity contribution in [1.82, 2.24) is 5.32 Å². The molecular formula is C15H18ClNO4. The van der Waals surface area contributed by atoms with E-state index in [0.717, 1.165) is 5.56 Å². The van der Waals surface area contributed by atoms with Crippen LogP contribution in [-0.2, 0) is 0 Å². The summed E-state index contributed by atoms with van der Waals surface area (Å²) >= 11 is 5.87. The van der Waals surface area contributed by atoms with Gasteiger partial charge in [0, 0.05) is 12.1 Å². The van der Waals surface area contributed by atoms with Crippen LogP contribution in [0.3, 0.4) is 0 Å². The average Bonchev–Trinajstić information content (AvgIpc) is 2.94. The lowest BCUT2D eigenvalue weighted by Crippen LogP contribution is -2.19. The standard InChI is InChI=1S/C15H18ClNO4/c1-17-15(10-5-6-13(16)21-10)14-11(19-3)7-9(18-2)8-12(14)20-4/h5-8,15,17H,1-4H3. The zero-order valence-corrected chi connectivity index (χ0v) is 13.2. The summed E-state index contributed by atoms with van der Waals surface area (Å²) in [5.41, 5.74) is 0.814. The van der Waals surface area contributed by atoms with Gasteiger partial charge in [-0.3, -0.25) is 0 Å². The van der Waals surface area contributed by atoms with Crippen LogP contribution in [0.5, 0.6) is 17.2 Å². The summed E-state index contributed by atoms with van der Waals surface area (Å²) in [6.45, 7) is 0. The molecule has 1 N–H and O–H groups in total. The Morgan fingerprint density at radius 3 is 2.05 bits per heavy atom. The van der Waals surface area contributed by atoms with E-state index in [1.54, 1.807) is 39.5 Å². The molecule has 6 heteroatoms. The third-order valence-corrected chi connectivity index (χ3v) is 3.41. The first-order valence-electron chi connectivity index (χ1n) is 6.37. The van der Waals surface area contributed by atoms with Crippen LogP contribution in [0.4, 0.5) is 0 Å². The van der Waals surface area contributed by atoms with Gasteiger partial charge in [0.15, 0.2) is 5.22 Å². The molecule has 0 aliphatic carbocycles. The summed E-state index contributed by atoms with van der Waals surface area (Å²) in [5, 5.41) is 3.51. The first-order valence-corrected chi connectivity index (χ1v) is 6.74. The van der Waals surface area contributed by atoms with Crippen LogP contribution in [-0.4, -0.2) is 28.4 Å². The molecule has 21 heavy (non-hydrogen) atoms. The molecule has 2 rings (SSSR count). The van der Waals surface area contributed by atoms with Crippen LogP contribution >= 0.6 is 11.6 Å². The monoisotopic (exact) mass is 311 g/mol. The minimum atomic E-state index is -0.256. The van der Waals surface area contributed by atoms with Crippen molar-refractivity contribution in [3.63, 3.8) is 0 Å². The molecule has 0 bridgehead atoms. The van der Waals surface area contributed by atoms with E-state index in [1.165, 1.54) is 0 Å². The van der Waals surface area contributed by atoms with Crippen molar-refractivity contribution in [2.45, 2.75) is 6.04 Å². The summed E-state index contributed by atoms with van der Waals surface area (Å²) in [4.78, 5) is 0. The zero-order valence-electron chi connectivity index (χ0n) is 12.4. The van der Waals surface area contributed by atoms with Gasteiger partial charge >= 0.3 is 0 Å². The Balaban J connectivity index is 2.58. The van der Waals surface area contributed by atoms with Gasteiger partial charge in [-0.2, -0.15) is 0 Å². The highest BCUT2D eigenvalue weighted by atomic mass is 35.5. The Kier molecular flexibility index (Phi) is 4.98. The minimum Gasteiger partial charge on any atom is -0.496 e. The number of hydrogen-bond donors (Lipinski definition) is 1. The van der Waals surface area contributed by atoms with Crippen molar-refractivity contribution in [1.29, 1.82) is 0 Å². The fourth-order valence-electron chi connectivity index (χ4n) is 2.23. The van der Waals surface area contributed by atoms with Crippen molar-refractivity contribution in [2.75, 3.05) is 28.4 Å². The third-order valence-electron chi connectivity index (χ3n) is 3.21. The van der Waals surface area contributed by atoms with Crippen LogP contribution in [0.2, 0.25) is 5.22 Å². The average molecular weight is 312 g/mol. The molecule has 2 aromatic rings. The van der Waals surface area contributed by atoms with Crippen molar-refractivity contribution >= 4 is 11.6 Å². The van der Waals surface area contributed by atoms with Crippen molar-refractivity contribution in [2.24, 2.45) is 0 Å². The summed E-state index contributed by atoms with van der Waals surface area (Å²) in [6.07, 6.45) is 0. The summed E-state index contributed by atoms with van der Waals surface area (Å²) in [7, 11) is 6.61. The molecule has 1 atom stereocenters. The number of methoxy groups -OCH3 is 3. The second kappa shape index (κ2) is 6.74. The molecule has 0 saturated heterocycles. The Hall–Kier alpha value is -1.85. The molecule has 5 nitrogen and oxygen atoms in total. The van der Waals surface area contributed by atoms with E-state index in [0.29, 0.717) is 28.2 Å².